The highest BCUT2D eigenvalue weighted by Crippen LogP contribution is 1.57. The molecule has 0 spiro atoms. The molecule has 0 aliphatic carbocycles. The summed E-state index contributed by atoms with van der Waals surface area (Å²) in [5, 5.41) is 6.68. The van der Waals surface area contributed by atoms with Gasteiger partial charge in [0, 0.05) is 0 Å². The molecule has 0 saturated heterocycles. The Kier molecular flexibility index (Phi) is 0.856. The minimum Gasteiger partial charge on any atom is -0.413 e. The van der Waals surface area contributed by atoms with Crippen molar-refractivity contribution in [1.29, 1.82) is 5.41 Å². The number of rotatable bonds is 0. The van der Waals surface area contributed by atoms with Crippen molar-refractivity contribution in [2.45, 2.75) is 0 Å². The third-order valence-corrected chi connectivity index (χ3v) is 0.467. The minimum absolute atomic E-state index is 0.116. The Balaban J connectivity index is 3.28. The van der Waals surface area contributed by atoms with Crippen molar-refractivity contribution in [3.8, 4) is 0 Å². The molecule has 1 rings (SSSR count). The summed E-state index contributed by atoms with van der Waals surface area (Å²) >= 11 is 0. The van der Waals surface area contributed by atoms with E-state index < -0.39 is 0 Å². The quantitative estimate of drug-likeness (QED) is 0.476. The van der Waals surface area contributed by atoms with E-state index >= 15 is 0 Å². The normalized spacial score (nSPS) is 8.57. The van der Waals surface area contributed by atoms with Crippen LogP contribution >= 0.6 is 0 Å². The van der Waals surface area contributed by atoms with E-state index in [-0.39, 0.29) is 5.68 Å². The number of hydrogen-bond donors (Lipinski definition) is 1. The number of aromatic nitrogens is 2. The monoisotopic (exact) mass is 97.0 g/mol. The highest BCUT2D eigenvalue weighted by Gasteiger charge is 1.70. The van der Waals surface area contributed by atoms with E-state index in [9.17, 15) is 0 Å². The maximum absolute atomic E-state index is 6.68. The summed E-state index contributed by atoms with van der Waals surface area (Å²) in [5.74, 6) is 0. The number of nitrogens with zero attached hydrogens (tertiary/aromatic N) is 2. The lowest BCUT2D eigenvalue weighted by Crippen LogP contribution is -2.01. The second-order valence-corrected chi connectivity index (χ2v) is 0.922. The van der Waals surface area contributed by atoms with Gasteiger partial charge >= 0.3 is 5.68 Å². The molecule has 0 aromatic carbocycles. The lowest BCUT2D eigenvalue weighted by atomic mass is 11.1. The molecule has 0 radical (unpaired) electrons. The smallest absolute Gasteiger partial charge is 0.316 e. The van der Waals surface area contributed by atoms with E-state index in [4.69, 9.17) is 5.41 Å². The van der Waals surface area contributed by atoms with Gasteiger partial charge in [-0.2, -0.15) is 4.98 Å². The van der Waals surface area contributed by atoms with Crippen LogP contribution in [0.25, 0.3) is 0 Å². The Morgan fingerprint density at radius 3 is 2.86 bits per heavy atom. The maximum atomic E-state index is 6.68. The van der Waals surface area contributed by atoms with Crippen molar-refractivity contribution in [2.24, 2.45) is 0 Å². The third kappa shape index (κ3) is 0.819. The fourth-order valence-electron chi connectivity index (χ4n) is 0.224. The van der Waals surface area contributed by atoms with E-state index in [1.165, 1.54) is 6.33 Å². The molecular formula is C3H3N3O. The van der Waals surface area contributed by atoms with Gasteiger partial charge < -0.3 is 4.42 Å². The molecule has 36 valence electrons. The van der Waals surface area contributed by atoms with Crippen LogP contribution in [0.5, 0.6) is 0 Å². The molecule has 0 fully saturated rings. The Bertz CT molecular complexity index is 176. The zero-order valence-corrected chi connectivity index (χ0v) is 3.46. The van der Waals surface area contributed by atoms with Gasteiger partial charge in [-0.25, -0.2) is 10.4 Å². The summed E-state index contributed by atoms with van der Waals surface area (Å²) in [7, 11) is 0. The Hall–Kier alpha value is -1.19. The fraction of sp³-hybridized carbons (Fsp3) is 0. The first kappa shape index (κ1) is 3.98. The SMILES string of the molecule is N=c1ncnco1. The van der Waals surface area contributed by atoms with Gasteiger partial charge in [0.2, 0.25) is 0 Å². The first-order chi connectivity index (χ1) is 3.39. The lowest BCUT2D eigenvalue weighted by Gasteiger charge is -1.74. The highest BCUT2D eigenvalue weighted by atomic mass is 16.3. The predicted molar refractivity (Wildman–Crippen MR) is 20.2 cm³/mol. The molecule has 0 saturated carbocycles. The van der Waals surface area contributed by atoms with Gasteiger partial charge in [-0.1, -0.05) is 0 Å². The fourth-order valence-corrected chi connectivity index (χ4v) is 0.224. The van der Waals surface area contributed by atoms with Crippen LogP contribution in [0.15, 0.2) is 17.1 Å². The summed E-state index contributed by atoms with van der Waals surface area (Å²) in [4.78, 5) is 6.82. The van der Waals surface area contributed by atoms with Crippen molar-refractivity contribution in [3.05, 3.63) is 18.4 Å². The molecule has 0 aliphatic heterocycles. The first-order valence-electron chi connectivity index (χ1n) is 1.69. The topological polar surface area (TPSA) is 62.8 Å². The average molecular weight is 97.1 g/mol. The molecular weight excluding hydrogens is 94.1 g/mol. The van der Waals surface area contributed by atoms with Gasteiger partial charge in [-0.3, -0.25) is 0 Å². The van der Waals surface area contributed by atoms with Gasteiger partial charge in [-0.05, 0) is 0 Å². The van der Waals surface area contributed by atoms with Gasteiger partial charge in [0.15, 0.2) is 6.39 Å². The van der Waals surface area contributed by atoms with E-state index in [1.54, 1.807) is 0 Å². The van der Waals surface area contributed by atoms with Crippen molar-refractivity contribution in [3.63, 3.8) is 0 Å². The lowest BCUT2D eigenvalue weighted by molar-refractivity contribution is 0.437. The predicted octanol–water partition coefficient (Wildman–Crippen LogP) is -0.451. The average Bonchev–Trinajstić information content (AvgIpc) is 1.69. The Morgan fingerprint density at radius 2 is 2.57 bits per heavy atom. The molecule has 1 aromatic rings. The molecule has 0 bridgehead atoms. The van der Waals surface area contributed by atoms with Gasteiger partial charge in [0.25, 0.3) is 0 Å². The van der Waals surface area contributed by atoms with Crippen molar-refractivity contribution in [1.82, 2.24) is 9.97 Å². The van der Waals surface area contributed by atoms with Crippen LogP contribution in [0.1, 0.15) is 0 Å². The first-order valence-corrected chi connectivity index (χ1v) is 1.69. The van der Waals surface area contributed by atoms with Gasteiger partial charge in [-0.15, -0.1) is 0 Å². The Labute approximate surface area is 39.4 Å². The maximum Gasteiger partial charge on any atom is 0.316 e. The molecule has 0 aliphatic rings. The van der Waals surface area contributed by atoms with E-state index in [1.807, 2.05) is 0 Å². The van der Waals surface area contributed by atoms with E-state index in [0.717, 1.165) is 6.39 Å². The minimum atomic E-state index is -0.116. The van der Waals surface area contributed by atoms with Crippen LogP contribution in [0.2, 0.25) is 0 Å². The molecule has 0 amide bonds. The third-order valence-electron chi connectivity index (χ3n) is 0.467. The number of nitrogens with one attached hydrogen (secondary N) is 1. The molecule has 1 heterocycles. The van der Waals surface area contributed by atoms with E-state index in [0.29, 0.717) is 0 Å². The standard InChI is InChI=1S/C3H3N3O/c4-3-6-1-5-2-7-3/h1-2,4H. The molecule has 4 nitrogen and oxygen atoms in total. The van der Waals surface area contributed by atoms with Crippen LogP contribution in [0.4, 0.5) is 0 Å². The van der Waals surface area contributed by atoms with Crippen LogP contribution in [-0.2, 0) is 0 Å². The van der Waals surface area contributed by atoms with Crippen LogP contribution < -0.4 is 5.68 Å². The largest absolute Gasteiger partial charge is 0.413 e. The Morgan fingerprint density at radius 1 is 1.71 bits per heavy atom. The summed E-state index contributed by atoms with van der Waals surface area (Å²) in [6, 6.07) is 0. The van der Waals surface area contributed by atoms with Gasteiger partial charge in [0.05, 0.1) is 0 Å². The molecule has 1 aromatic heterocycles. The second kappa shape index (κ2) is 1.51. The zero-order chi connectivity index (χ0) is 5.11. The summed E-state index contributed by atoms with van der Waals surface area (Å²) in [6.45, 7) is 0. The molecule has 0 unspecified atom stereocenters. The molecule has 7 heavy (non-hydrogen) atoms. The van der Waals surface area contributed by atoms with Crippen molar-refractivity contribution >= 4 is 0 Å². The molecule has 4 heteroatoms. The summed E-state index contributed by atoms with van der Waals surface area (Å²) in [6.07, 6.45) is 2.42. The van der Waals surface area contributed by atoms with Gasteiger partial charge in [0.1, 0.15) is 6.33 Å². The number of hydrogen-bond acceptors (Lipinski definition) is 4. The van der Waals surface area contributed by atoms with Crippen molar-refractivity contribution in [2.75, 3.05) is 0 Å². The summed E-state index contributed by atoms with van der Waals surface area (Å²) < 4.78 is 4.37. The van der Waals surface area contributed by atoms with Crippen LogP contribution in [-0.4, -0.2) is 9.97 Å². The van der Waals surface area contributed by atoms with E-state index in [2.05, 4.69) is 14.4 Å². The van der Waals surface area contributed by atoms with Crippen molar-refractivity contribution < 1.29 is 4.42 Å². The highest BCUT2D eigenvalue weighted by molar-refractivity contribution is 4.42. The van der Waals surface area contributed by atoms with Crippen LogP contribution in [0.3, 0.4) is 0 Å². The zero-order valence-electron chi connectivity index (χ0n) is 3.46. The molecule has 0 atom stereocenters. The second-order valence-electron chi connectivity index (χ2n) is 0.922. The summed E-state index contributed by atoms with van der Waals surface area (Å²) in [5.41, 5.74) is -0.116. The van der Waals surface area contributed by atoms with Crippen LogP contribution in [0, 0.1) is 5.41 Å². The molecule has 1 N–H and O–H groups in total.